The number of anilines is 1. The normalized spacial score (nSPS) is 20.3. The number of hydrogen-bond donors (Lipinski definition) is 2. The molecule has 27 heavy (non-hydrogen) atoms. The molecule has 1 amide bonds. The van der Waals surface area contributed by atoms with Crippen molar-refractivity contribution in [2.24, 2.45) is 5.92 Å². The number of aromatic nitrogens is 3. The molecule has 0 spiro atoms. The van der Waals surface area contributed by atoms with E-state index in [4.69, 9.17) is 0 Å². The van der Waals surface area contributed by atoms with Gasteiger partial charge in [0.1, 0.15) is 17.8 Å². The third kappa shape index (κ3) is 3.97. The van der Waals surface area contributed by atoms with E-state index in [-0.39, 0.29) is 11.9 Å². The molecule has 4 rings (SSSR count). The topological polar surface area (TPSA) is 73.9 Å². The van der Waals surface area contributed by atoms with Crippen molar-refractivity contribution in [1.29, 1.82) is 0 Å². The average Bonchev–Trinajstić information content (AvgIpc) is 3.34. The molecule has 1 saturated heterocycles. The highest BCUT2D eigenvalue weighted by molar-refractivity contribution is 5.89. The van der Waals surface area contributed by atoms with Crippen molar-refractivity contribution in [3.8, 4) is 11.8 Å². The standard InChI is InChI=1S/C21H25N5O/c1-2-19(27)26-11-10-17(13-26)25-21-18-12-16(24-20(18)22-14-23-21)9-8-15-6-4-3-5-7-15/h2,12,14-15,17H,1,3-7,10-11,13H2,(H2,22,23,24,25). The molecule has 1 saturated carbocycles. The van der Waals surface area contributed by atoms with E-state index in [1.165, 1.54) is 38.2 Å². The highest BCUT2D eigenvalue weighted by Crippen LogP contribution is 2.24. The van der Waals surface area contributed by atoms with Crippen molar-refractivity contribution in [2.75, 3.05) is 18.4 Å². The fourth-order valence-electron chi connectivity index (χ4n) is 3.95. The molecule has 1 aliphatic heterocycles. The van der Waals surface area contributed by atoms with Gasteiger partial charge >= 0.3 is 0 Å². The van der Waals surface area contributed by atoms with Crippen molar-refractivity contribution in [3.05, 3.63) is 30.7 Å². The van der Waals surface area contributed by atoms with Gasteiger partial charge in [0.05, 0.1) is 11.1 Å². The number of hydrogen-bond acceptors (Lipinski definition) is 4. The van der Waals surface area contributed by atoms with Gasteiger partial charge in [-0.25, -0.2) is 9.97 Å². The highest BCUT2D eigenvalue weighted by Gasteiger charge is 2.25. The molecule has 0 bridgehead atoms. The number of nitrogens with one attached hydrogen (secondary N) is 2. The molecule has 2 N–H and O–H groups in total. The molecule has 1 aliphatic carbocycles. The lowest BCUT2D eigenvalue weighted by atomic mass is 9.90. The zero-order valence-electron chi connectivity index (χ0n) is 15.5. The van der Waals surface area contributed by atoms with Crippen LogP contribution in [-0.2, 0) is 4.79 Å². The maximum absolute atomic E-state index is 11.8. The monoisotopic (exact) mass is 363 g/mol. The predicted molar refractivity (Wildman–Crippen MR) is 106 cm³/mol. The second-order valence-corrected chi connectivity index (χ2v) is 7.39. The summed E-state index contributed by atoms with van der Waals surface area (Å²) in [6, 6.07) is 2.20. The molecule has 2 aromatic rings. The van der Waals surface area contributed by atoms with Crippen LogP contribution in [0.15, 0.2) is 25.0 Å². The summed E-state index contributed by atoms with van der Waals surface area (Å²) in [6.45, 7) is 4.96. The zero-order chi connectivity index (χ0) is 18.6. The molecule has 2 aliphatic rings. The summed E-state index contributed by atoms with van der Waals surface area (Å²) in [6.07, 6.45) is 10.2. The van der Waals surface area contributed by atoms with Crippen LogP contribution in [0.3, 0.4) is 0 Å². The Balaban J connectivity index is 1.49. The largest absolute Gasteiger partial charge is 0.365 e. The molecule has 2 fully saturated rings. The first-order valence-electron chi connectivity index (χ1n) is 9.76. The molecule has 140 valence electrons. The van der Waals surface area contributed by atoms with Gasteiger partial charge in [0, 0.05) is 25.0 Å². The molecular weight excluding hydrogens is 338 g/mol. The first-order valence-corrected chi connectivity index (χ1v) is 9.76. The van der Waals surface area contributed by atoms with Crippen LogP contribution in [-0.4, -0.2) is 44.9 Å². The van der Waals surface area contributed by atoms with Gasteiger partial charge in [-0.3, -0.25) is 4.79 Å². The van der Waals surface area contributed by atoms with Crippen molar-refractivity contribution in [2.45, 2.75) is 44.6 Å². The number of rotatable bonds is 3. The van der Waals surface area contributed by atoms with E-state index in [9.17, 15) is 4.79 Å². The summed E-state index contributed by atoms with van der Waals surface area (Å²) in [5, 5.41) is 4.41. The second kappa shape index (κ2) is 7.83. The van der Waals surface area contributed by atoms with Crippen LogP contribution in [0.2, 0.25) is 0 Å². The van der Waals surface area contributed by atoms with Crippen LogP contribution in [0.5, 0.6) is 0 Å². The smallest absolute Gasteiger partial charge is 0.246 e. The SMILES string of the molecule is C=CC(=O)N1CCC(Nc2ncnc3[nH]c(C#CC4CCCCC4)cc23)C1. The summed E-state index contributed by atoms with van der Waals surface area (Å²) in [7, 11) is 0. The molecule has 0 radical (unpaired) electrons. The summed E-state index contributed by atoms with van der Waals surface area (Å²) in [4.78, 5) is 25.6. The lowest BCUT2D eigenvalue weighted by Crippen LogP contribution is -2.30. The van der Waals surface area contributed by atoms with E-state index in [1.54, 1.807) is 11.2 Å². The van der Waals surface area contributed by atoms with Crippen LogP contribution in [0, 0.1) is 17.8 Å². The van der Waals surface area contributed by atoms with Crippen LogP contribution < -0.4 is 5.32 Å². The molecule has 2 aromatic heterocycles. The minimum atomic E-state index is -0.0194. The first kappa shape index (κ1) is 17.6. The number of nitrogens with zero attached hydrogens (tertiary/aromatic N) is 3. The molecule has 3 heterocycles. The Morgan fingerprint density at radius 2 is 2.15 bits per heavy atom. The minimum absolute atomic E-state index is 0.0194. The van der Waals surface area contributed by atoms with Gasteiger partial charge < -0.3 is 15.2 Å². The van der Waals surface area contributed by atoms with Crippen LogP contribution in [0.1, 0.15) is 44.2 Å². The zero-order valence-corrected chi connectivity index (χ0v) is 15.5. The number of carbonyl (C=O) groups is 1. The highest BCUT2D eigenvalue weighted by atomic mass is 16.2. The van der Waals surface area contributed by atoms with E-state index in [2.05, 4.69) is 38.7 Å². The average molecular weight is 363 g/mol. The molecule has 6 heteroatoms. The van der Waals surface area contributed by atoms with Gasteiger partial charge in [0.25, 0.3) is 0 Å². The Kier molecular flexibility index (Phi) is 5.10. The second-order valence-electron chi connectivity index (χ2n) is 7.39. The molecular formula is C21H25N5O. The lowest BCUT2D eigenvalue weighted by molar-refractivity contribution is -0.125. The van der Waals surface area contributed by atoms with Crippen LogP contribution in [0.4, 0.5) is 5.82 Å². The van der Waals surface area contributed by atoms with E-state index < -0.39 is 0 Å². The van der Waals surface area contributed by atoms with E-state index in [1.807, 2.05) is 6.07 Å². The quantitative estimate of drug-likeness (QED) is 0.649. The summed E-state index contributed by atoms with van der Waals surface area (Å²) in [5.74, 6) is 7.99. The number of aromatic amines is 1. The van der Waals surface area contributed by atoms with E-state index in [0.29, 0.717) is 12.5 Å². The van der Waals surface area contributed by atoms with Crippen molar-refractivity contribution in [3.63, 3.8) is 0 Å². The third-order valence-electron chi connectivity index (χ3n) is 5.46. The van der Waals surface area contributed by atoms with Gasteiger partial charge in [-0.05, 0) is 37.3 Å². The van der Waals surface area contributed by atoms with E-state index in [0.717, 1.165) is 35.5 Å². The Morgan fingerprint density at radius 1 is 1.30 bits per heavy atom. The van der Waals surface area contributed by atoms with Gasteiger partial charge in [0.2, 0.25) is 5.91 Å². The number of H-pyrrole nitrogens is 1. The van der Waals surface area contributed by atoms with Gasteiger partial charge in [0.15, 0.2) is 0 Å². The number of amides is 1. The Labute approximate surface area is 159 Å². The van der Waals surface area contributed by atoms with Crippen molar-refractivity contribution >= 4 is 22.8 Å². The first-order chi connectivity index (χ1) is 13.2. The summed E-state index contributed by atoms with van der Waals surface area (Å²) in [5.41, 5.74) is 1.67. The maximum atomic E-state index is 11.8. The Bertz CT molecular complexity index is 900. The minimum Gasteiger partial charge on any atom is -0.365 e. The van der Waals surface area contributed by atoms with Gasteiger partial charge in [-0.2, -0.15) is 0 Å². The Hall–Kier alpha value is -2.81. The predicted octanol–water partition coefficient (Wildman–Crippen LogP) is 3.09. The molecule has 1 atom stereocenters. The van der Waals surface area contributed by atoms with Crippen LogP contribution in [0.25, 0.3) is 11.0 Å². The summed E-state index contributed by atoms with van der Waals surface area (Å²) >= 11 is 0. The fourth-order valence-corrected chi connectivity index (χ4v) is 3.95. The molecule has 0 aromatic carbocycles. The van der Waals surface area contributed by atoms with Crippen molar-refractivity contribution in [1.82, 2.24) is 19.9 Å². The maximum Gasteiger partial charge on any atom is 0.246 e. The van der Waals surface area contributed by atoms with Gasteiger partial charge in [-0.15, -0.1) is 0 Å². The van der Waals surface area contributed by atoms with Crippen molar-refractivity contribution < 1.29 is 4.79 Å². The fraction of sp³-hybridized carbons (Fsp3) is 0.476. The van der Waals surface area contributed by atoms with E-state index >= 15 is 0 Å². The number of likely N-dealkylation sites (tertiary alicyclic amines) is 1. The van der Waals surface area contributed by atoms with Gasteiger partial charge in [-0.1, -0.05) is 31.8 Å². The Morgan fingerprint density at radius 3 is 2.96 bits per heavy atom. The number of fused-ring (bicyclic) bond motifs is 1. The summed E-state index contributed by atoms with van der Waals surface area (Å²) < 4.78 is 0. The third-order valence-corrected chi connectivity index (χ3v) is 5.46. The molecule has 6 nitrogen and oxygen atoms in total. The lowest BCUT2D eigenvalue weighted by Gasteiger charge is -2.15. The number of carbonyl (C=O) groups excluding carboxylic acids is 1. The molecule has 1 unspecified atom stereocenters. The van der Waals surface area contributed by atoms with Crippen LogP contribution >= 0.6 is 0 Å².